The van der Waals surface area contributed by atoms with Gasteiger partial charge in [0, 0.05) is 30.5 Å². The second-order valence-electron chi connectivity index (χ2n) is 4.66. The number of likely N-dealkylation sites (tertiary alicyclic amines) is 1. The molecule has 0 radical (unpaired) electrons. The number of nitrogens with one attached hydrogen (secondary N) is 1. The number of nitrogens with zero attached hydrogens (tertiary/aromatic N) is 2. The molecule has 0 amide bonds. The average molecular weight is 225 g/mol. The summed E-state index contributed by atoms with van der Waals surface area (Å²) in [5.74, 6) is 0. The van der Waals surface area contributed by atoms with E-state index < -0.39 is 0 Å². The van der Waals surface area contributed by atoms with E-state index in [1.807, 2.05) is 0 Å². The molecule has 2 atom stereocenters. The number of aromatic nitrogens is 2. The van der Waals surface area contributed by atoms with E-state index in [1.54, 1.807) is 0 Å². The normalized spacial score (nSPS) is 28.2. The van der Waals surface area contributed by atoms with Crippen molar-refractivity contribution in [3.63, 3.8) is 0 Å². The van der Waals surface area contributed by atoms with Gasteiger partial charge in [-0.1, -0.05) is 0 Å². The predicted octanol–water partition coefficient (Wildman–Crippen LogP) is 2.51. The third-order valence-corrected chi connectivity index (χ3v) is 3.76. The molecule has 1 aromatic heterocycles. The van der Waals surface area contributed by atoms with E-state index in [-0.39, 0.29) is 0 Å². The maximum absolute atomic E-state index is 5.32. The van der Waals surface area contributed by atoms with Crippen molar-refractivity contribution < 1.29 is 0 Å². The molecule has 4 heteroatoms. The average Bonchev–Trinajstić information content (AvgIpc) is 2.50. The van der Waals surface area contributed by atoms with Gasteiger partial charge in [0.05, 0.1) is 0 Å². The fraction of sp³-hybridized carbons (Fsp3) is 0.727. The monoisotopic (exact) mass is 225 g/mol. The molecule has 2 rings (SSSR count). The van der Waals surface area contributed by atoms with Gasteiger partial charge in [-0.3, -0.25) is 0 Å². The van der Waals surface area contributed by atoms with Crippen LogP contribution in [0, 0.1) is 11.7 Å². The number of hydrogen-bond acceptors (Lipinski definition) is 2. The van der Waals surface area contributed by atoms with E-state index in [9.17, 15) is 0 Å². The molecular weight excluding hydrogens is 206 g/mol. The molecule has 0 aromatic carbocycles. The first kappa shape index (κ1) is 10.9. The Kier molecular flexibility index (Phi) is 2.98. The Morgan fingerprint density at radius 1 is 1.53 bits per heavy atom. The van der Waals surface area contributed by atoms with Crippen LogP contribution in [0.25, 0.3) is 0 Å². The summed E-state index contributed by atoms with van der Waals surface area (Å²) in [6.07, 6.45) is 4.54. The number of imidazole rings is 1. The predicted molar refractivity (Wildman–Crippen MR) is 64.7 cm³/mol. The summed E-state index contributed by atoms with van der Waals surface area (Å²) >= 11 is 5.32. The van der Waals surface area contributed by atoms with Crippen molar-refractivity contribution in [1.82, 2.24) is 14.5 Å². The molecule has 0 aliphatic carbocycles. The second-order valence-corrected chi connectivity index (χ2v) is 5.04. The van der Waals surface area contributed by atoms with Crippen LogP contribution in [0.5, 0.6) is 0 Å². The highest BCUT2D eigenvalue weighted by Crippen LogP contribution is 2.26. The van der Waals surface area contributed by atoms with Crippen molar-refractivity contribution >= 4 is 12.2 Å². The minimum absolute atomic E-state index is 0.577. The Balaban J connectivity index is 2.19. The number of H-pyrrole nitrogens is 1. The van der Waals surface area contributed by atoms with E-state index in [4.69, 9.17) is 12.2 Å². The van der Waals surface area contributed by atoms with Crippen LogP contribution in [0.2, 0.25) is 0 Å². The lowest BCUT2D eigenvalue weighted by Crippen LogP contribution is -2.38. The summed E-state index contributed by atoms with van der Waals surface area (Å²) in [5, 5.41) is 0. The first-order valence-electron chi connectivity index (χ1n) is 5.56. The maximum atomic E-state index is 5.32. The minimum atomic E-state index is 0.577. The SMILES string of the molecule is Cc1cn(C2CCN(C)C(C)C2)c(=S)[nH]1. The summed E-state index contributed by atoms with van der Waals surface area (Å²) in [4.78, 5) is 5.61. The van der Waals surface area contributed by atoms with Crippen molar-refractivity contribution in [3.05, 3.63) is 16.7 Å². The number of hydrogen-bond donors (Lipinski definition) is 1. The molecule has 1 aromatic rings. The molecule has 0 spiro atoms. The zero-order valence-electron chi connectivity index (χ0n) is 9.66. The smallest absolute Gasteiger partial charge is 0.177 e. The van der Waals surface area contributed by atoms with Crippen molar-refractivity contribution in [2.45, 2.75) is 38.8 Å². The lowest BCUT2D eigenvalue weighted by atomic mass is 9.99. The van der Waals surface area contributed by atoms with Crippen LogP contribution in [0.3, 0.4) is 0 Å². The highest BCUT2D eigenvalue weighted by atomic mass is 32.1. The Morgan fingerprint density at radius 2 is 2.27 bits per heavy atom. The third kappa shape index (κ3) is 2.16. The molecule has 2 heterocycles. The van der Waals surface area contributed by atoms with Gasteiger partial charge in [0.25, 0.3) is 0 Å². The number of piperidine rings is 1. The second kappa shape index (κ2) is 4.10. The molecule has 0 bridgehead atoms. The van der Waals surface area contributed by atoms with Gasteiger partial charge in [0.1, 0.15) is 0 Å². The van der Waals surface area contributed by atoms with Crippen LogP contribution in [-0.2, 0) is 0 Å². The Bertz CT molecular complexity index is 393. The fourth-order valence-corrected chi connectivity index (χ4v) is 2.68. The van der Waals surface area contributed by atoms with Crippen LogP contribution < -0.4 is 0 Å². The molecule has 15 heavy (non-hydrogen) atoms. The molecule has 1 aliphatic heterocycles. The summed E-state index contributed by atoms with van der Waals surface area (Å²) in [6, 6.07) is 1.23. The molecule has 84 valence electrons. The van der Waals surface area contributed by atoms with Gasteiger partial charge in [0.15, 0.2) is 4.77 Å². The molecule has 1 saturated heterocycles. The van der Waals surface area contributed by atoms with Crippen LogP contribution in [0.15, 0.2) is 6.20 Å². The maximum Gasteiger partial charge on any atom is 0.177 e. The molecule has 1 aliphatic rings. The first-order chi connectivity index (χ1) is 7.08. The van der Waals surface area contributed by atoms with E-state index in [1.165, 1.54) is 12.8 Å². The minimum Gasteiger partial charge on any atom is -0.335 e. The van der Waals surface area contributed by atoms with Gasteiger partial charge < -0.3 is 14.5 Å². The molecule has 3 nitrogen and oxygen atoms in total. The van der Waals surface area contributed by atoms with Crippen molar-refractivity contribution in [1.29, 1.82) is 0 Å². The van der Waals surface area contributed by atoms with Gasteiger partial charge in [-0.2, -0.15) is 0 Å². The third-order valence-electron chi connectivity index (χ3n) is 3.45. The van der Waals surface area contributed by atoms with Crippen LogP contribution >= 0.6 is 12.2 Å². The fourth-order valence-electron chi connectivity index (χ4n) is 2.32. The number of aromatic amines is 1. The van der Waals surface area contributed by atoms with Crippen LogP contribution in [0.4, 0.5) is 0 Å². The van der Waals surface area contributed by atoms with E-state index >= 15 is 0 Å². The standard InChI is InChI=1S/C11H19N3S/c1-8-7-14(11(15)12-8)10-4-5-13(3)9(2)6-10/h7,9-10H,4-6H2,1-3H3,(H,12,15). The molecule has 0 saturated carbocycles. The highest BCUT2D eigenvalue weighted by Gasteiger charge is 2.24. The molecular formula is C11H19N3S. The summed E-state index contributed by atoms with van der Waals surface area (Å²) in [5.41, 5.74) is 1.16. The quantitative estimate of drug-likeness (QED) is 0.743. The van der Waals surface area contributed by atoms with E-state index in [0.29, 0.717) is 12.1 Å². The van der Waals surface area contributed by atoms with Gasteiger partial charge in [0.2, 0.25) is 0 Å². The van der Waals surface area contributed by atoms with Gasteiger partial charge in [-0.05, 0) is 46.0 Å². The molecule has 1 N–H and O–H groups in total. The van der Waals surface area contributed by atoms with Gasteiger partial charge >= 0.3 is 0 Å². The Labute approximate surface area is 96.1 Å². The molecule has 2 unspecified atom stereocenters. The highest BCUT2D eigenvalue weighted by molar-refractivity contribution is 7.71. The van der Waals surface area contributed by atoms with Gasteiger partial charge in [-0.25, -0.2) is 0 Å². The first-order valence-corrected chi connectivity index (χ1v) is 5.96. The summed E-state index contributed by atoms with van der Waals surface area (Å²) in [6.45, 7) is 5.51. The van der Waals surface area contributed by atoms with Crippen LogP contribution in [-0.4, -0.2) is 34.1 Å². The van der Waals surface area contributed by atoms with E-state index in [0.717, 1.165) is 17.0 Å². The zero-order valence-corrected chi connectivity index (χ0v) is 10.5. The lowest BCUT2D eigenvalue weighted by Gasteiger charge is -2.35. The largest absolute Gasteiger partial charge is 0.335 e. The van der Waals surface area contributed by atoms with Crippen molar-refractivity contribution in [2.75, 3.05) is 13.6 Å². The Hall–Kier alpha value is -0.610. The molecule has 1 fully saturated rings. The number of rotatable bonds is 1. The topological polar surface area (TPSA) is 24.0 Å². The van der Waals surface area contributed by atoms with Gasteiger partial charge in [-0.15, -0.1) is 0 Å². The zero-order chi connectivity index (χ0) is 11.0. The summed E-state index contributed by atoms with van der Waals surface area (Å²) in [7, 11) is 2.20. The van der Waals surface area contributed by atoms with E-state index in [2.05, 4.69) is 41.5 Å². The van der Waals surface area contributed by atoms with Crippen molar-refractivity contribution in [2.24, 2.45) is 0 Å². The van der Waals surface area contributed by atoms with Crippen molar-refractivity contribution in [3.8, 4) is 0 Å². The summed E-state index contributed by atoms with van der Waals surface area (Å²) < 4.78 is 3.10. The Morgan fingerprint density at radius 3 is 2.80 bits per heavy atom. The number of aryl methyl sites for hydroxylation is 1. The van der Waals surface area contributed by atoms with Crippen LogP contribution in [0.1, 0.15) is 31.5 Å². The lowest BCUT2D eigenvalue weighted by molar-refractivity contribution is 0.156.